The van der Waals surface area contributed by atoms with Crippen molar-refractivity contribution in [3.8, 4) is 6.07 Å². The number of aromatic amines is 1. The number of halogens is 1. The average Bonchev–Trinajstić information content (AvgIpc) is 1.94. The van der Waals surface area contributed by atoms with Gasteiger partial charge in [-0.1, -0.05) is 0 Å². The highest BCUT2D eigenvalue weighted by Gasteiger charge is 1.98. The predicted octanol–water partition coefficient (Wildman–Crippen LogP) is 0.386. The van der Waals surface area contributed by atoms with E-state index in [0.717, 1.165) is 12.1 Å². The van der Waals surface area contributed by atoms with Gasteiger partial charge in [-0.15, -0.1) is 0 Å². The normalized spacial score (nSPS) is 8.80. The molecule has 1 aromatic heterocycles. The molecule has 0 atom stereocenters. The second-order valence-corrected chi connectivity index (χ2v) is 1.66. The number of hydrogen-bond acceptors (Lipinski definition) is 2. The van der Waals surface area contributed by atoms with Gasteiger partial charge in [0.05, 0.1) is 0 Å². The van der Waals surface area contributed by atoms with E-state index < -0.39 is 11.4 Å². The van der Waals surface area contributed by atoms with E-state index in [1.165, 1.54) is 6.07 Å². The van der Waals surface area contributed by atoms with Crippen LogP contribution >= 0.6 is 0 Å². The van der Waals surface area contributed by atoms with Gasteiger partial charge in [0.1, 0.15) is 6.07 Å². The Kier molecular flexibility index (Phi) is 1.50. The lowest BCUT2D eigenvalue weighted by Crippen LogP contribution is -2.06. The molecule has 0 aliphatic rings. The topological polar surface area (TPSA) is 56.6 Å². The Morgan fingerprint density at radius 3 is 2.80 bits per heavy atom. The van der Waals surface area contributed by atoms with Gasteiger partial charge >= 0.3 is 0 Å². The molecule has 0 saturated carbocycles. The summed E-state index contributed by atoms with van der Waals surface area (Å²) in [5.41, 5.74) is -0.801. The second kappa shape index (κ2) is 2.31. The fraction of sp³-hybridized carbons (Fsp3) is 0. The molecule has 1 N–H and O–H groups in total. The number of rotatable bonds is 0. The largest absolute Gasteiger partial charge is 0.311 e. The van der Waals surface area contributed by atoms with Crippen LogP contribution in [0.1, 0.15) is 5.69 Å². The zero-order chi connectivity index (χ0) is 7.56. The fourth-order valence-electron chi connectivity index (χ4n) is 0.538. The highest BCUT2D eigenvalue weighted by Crippen LogP contribution is 1.95. The van der Waals surface area contributed by atoms with Crippen LogP contribution < -0.4 is 5.56 Å². The van der Waals surface area contributed by atoms with Gasteiger partial charge in [-0.2, -0.15) is 5.26 Å². The standard InChI is InChI=1S/C6H3FN2O/c7-4-1-2-6(10)9-5(4)3-8/h1-2H,(H,9,10). The summed E-state index contributed by atoms with van der Waals surface area (Å²) in [6.45, 7) is 0. The quantitative estimate of drug-likeness (QED) is 0.563. The van der Waals surface area contributed by atoms with Gasteiger partial charge in [0.25, 0.3) is 0 Å². The van der Waals surface area contributed by atoms with Gasteiger partial charge in [0, 0.05) is 6.07 Å². The van der Waals surface area contributed by atoms with E-state index in [1.807, 2.05) is 4.98 Å². The Morgan fingerprint density at radius 2 is 2.30 bits per heavy atom. The first-order chi connectivity index (χ1) is 4.74. The molecule has 0 saturated heterocycles. The summed E-state index contributed by atoms with van der Waals surface area (Å²) >= 11 is 0. The van der Waals surface area contributed by atoms with E-state index >= 15 is 0 Å². The third-order valence-corrected chi connectivity index (χ3v) is 0.980. The summed E-state index contributed by atoms with van der Waals surface area (Å²) in [6, 6.07) is 3.49. The smallest absolute Gasteiger partial charge is 0.249 e. The van der Waals surface area contributed by atoms with E-state index in [9.17, 15) is 9.18 Å². The molecule has 0 unspecified atom stereocenters. The average molecular weight is 138 g/mol. The van der Waals surface area contributed by atoms with E-state index in [4.69, 9.17) is 5.26 Å². The van der Waals surface area contributed by atoms with Gasteiger partial charge in [0.15, 0.2) is 11.5 Å². The zero-order valence-corrected chi connectivity index (χ0v) is 4.89. The summed E-state index contributed by atoms with van der Waals surface area (Å²) in [7, 11) is 0. The second-order valence-electron chi connectivity index (χ2n) is 1.66. The van der Waals surface area contributed by atoms with Crippen molar-refractivity contribution in [2.24, 2.45) is 0 Å². The highest BCUT2D eigenvalue weighted by atomic mass is 19.1. The number of H-pyrrole nitrogens is 1. The van der Waals surface area contributed by atoms with Crippen molar-refractivity contribution in [3.63, 3.8) is 0 Å². The monoisotopic (exact) mass is 138 g/mol. The Morgan fingerprint density at radius 1 is 1.60 bits per heavy atom. The SMILES string of the molecule is N#Cc1[nH]c(=O)ccc1F. The first kappa shape index (κ1) is 6.49. The summed E-state index contributed by atoms with van der Waals surface area (Å²) < 4.78 is 12.4. The zero-order valence-electron chi connectivity index (χ0n) is 4.89. The molecule has 0 radical (unpaired) electrons. The number of nitrogens with one attached hydrogen (secondary N) is 1. The predicted molar refractivity (Wildman–Crippen MR) is 31.7 cm³/mol. The lowest BCUT2D eigenvalue weighted by Gasteiger charge is -1.87. The maximum Gasteiger partial charge on any atom is 0.249 e. The molecule has 0 spiro atoms. The van der Waals surface area contributed by atoms with Crippen LogP contribution in [0.25, 0.3) is 0 Å². The molecule has 1 aromatic rings. The van der Waals surface area contributed by atoms with Gasteiger partial charge in [0.2, 0.25) is 5.56 Å². The fourth-order valence-corrected chi connectivity index (χ4v) is 0.538. The van der Waals surface area contributed by atoms with Crippen LogP contribution in [0, 0.1) is 17.1 Å². The Bertz CT molecular complexity index is 336. The molecule has 0 aliphatic heterocycles. The maximum atomic E-state index is 12.4. The molecule has 0 fully saturated rings. The first-order valence-electron chi connectivity index (χ1n) is 2.53. The summed E-state index contributed by atoms with van der Waals surface area (Å²) in [5.74, 6) is -0.706. The molecule has 1 rings (SSSR count). The molecule has 0 aromatic carbocycles. The van der Waals surface area contributed by atoms with E-state index in [2.05, 4.69) is 0 Å². The van der Waals surface area contributed by atoms with Crippen LogP contribution in [-0.2, 0) is 0 Å². The number of nitrogens with zero attached hydrogens (tertiary/aromatic N) is 1. The van der Waals surface area contributed by atoms with E-state index in [1.54, 1.807) is 0 Å². The van der Waals surface area contributed by atoms with Gasteiger partial charge in [-0.3, -0.25) is 4.79 Å². The first-order valence-corrected chi connectivity index (χ1v) is 2.53. The van der Waals surface area contributed by atoms with Crippen LogP contribution in [-0.4, -0.2) is 4.98 Å². The Hall–Kier alpha value is -1.63. The third-order valence-electron chi connectivity index (χ3n) is 0.980. The van der Waals surface area contributed by atoms with Crippen LogP contribution in [0.5, 0.6) is 0 Å². The highest BCUT2D eigenvalue weighted by molar-refractivity contribution is 5.20. The molecule has 0 bridgehead atoms. The molecule has 10 heavy (non-hydrogen) atoms. The Labute approximate surface area is 55.7 Å². The number of hydrogen-bond donors (Lipinski definition) is 1. The van der Waals surface area contributed by atoms with Crippen molar-refractivity contribution in [2.75, 3.05) is 0 Å². The van der Waals surface area contributed by atoms with E-state index in [-0.39, 0.29) is 5.69 Å². The van der Waals surface area contributed by atoms with Crippen LogP contribution in [0.15, 0.2) is 16.9 Å². The minimum absolute atomic E-state index is 0.326. The van der Waals surface area contributed by atoms with Crippen LogP contribution in [0.3, 0.4) is 0 Å². The number of nitriles is 1. The number of aromatic nitrogens is 1. The lowest BCUT2D eigenvalue weighted by molar-refractivity contribution is 0.615. The molecular formula is C6H3FN2O. The van der Waals surface area contributed by atoms with Crippen molar-refractivity contribution in [2.45, 2.75) is 0 Å². The van der Waals surface area contributed by atoms with Crippen molar-refractivity contribution < 1.29 is 4.39 Å². The molecule has 4 heteroatoms. The third kappa shape index (κ3) is 1.03. The summed E-state index contributed by atoms with van der Waals surface area (Å²) in [5, 5.41) is 8.18. The van der Waals surface area contributed by atoms with Crippen molar-refractivity contribution in [1.29, 1.82) is 5.26 Å². The van der Waals surface area contributed by atoms with Crippen molar-refractivity contribution >= 4 is 0 Å². The number of pyridine rings is 1. The molecule has 0 aliphatic carbocycles. The molecule has 50 valence electrons. The lowest BCUT2D eigenvalue weighted by atomic mass is 10.3. The van der Waals surface area contributed by atoms with Crippen LogP contribution in [0.4, 0.5) is 4.39 Å². The molecular weight excluding hydrogens is 135 g/mol. The van der Waals surface area contributed by atoms with Gasteiger partial charge in [-0.05, 0) is 6.07 Å². The maximum absolute atomic E-state index is 12.4. The van der Waals surface area contributed by atoms with Crippen molar-refractivity contribution in [1.82, 2.24) is 4.98 Å². The van der Waals surface area contributed by atoms with E-state index in [0.29, 0.717) is 0 Å². The van der Waals surface area contributed by atoms with Gasteiger partial charge in [-0.25, -0.2) is 4.39 Å². The van der Waals surface area contributed by atoms with Gasteiger partial charge < -0.3 is 4.98 Å². The summed E-state index contributed by atoms with van der Waals surface area (Å²) in [6.07, 6.45) is 0. The van der Waals surface area contributed by atoms with Crippen molar-refractivity contribution in [3.05, 3.63) is 34.0 Å². The molecule has 1 heterocycles. The van der Waals surface area contributed by atoms with Crippen LogP contribution in [0.2, 0.25) is 0 Å². The minimum Gasteiger partial charge on any atom is -0.311 e. The molecule has 0 amide bonds. The Balaban J connectivity index is 3.40. The minimum atomic E-state index is -0.706. The molecule has 3 nitrogen and oxygen atoms in total. The summed E-state index contributed by atoms with van der Waals surface area (Å²) in [4.78, 5) is 12.5.